The van der Waals surface area contributed by atoms with Crippen molar-refractivity contribution < 1.29 is 9.84 Å². The standard InChI is InChI=1S/C15H14Br2O2/c1-9-3-6-15(14(17)7-9)19-11-4-5-12(10(2)18)13(16)8-11/h3-8,10,18H,1-2H3/t10-/m0/s1. The van der Waals surface area contributed by atoms with Crippen LogP contribution in [0.25, 0.3) is 0 Å². The van der Waals surface area contributed by atoms with Crippen molar-refractivity contribution in [2.45, 2.75) is 20.0 Å². The zero-order chi connectivity index (χ0) is 14.0. The molecule has 0 fully saturated rings. The third-order valence-electron chi connectivity index (χ3n) is 2.74. The topological polar surface area (TPSA) is 29.5 Å². The Labute approximate surface area is 129 Å². The average Bonchev–Trinajstić information content (AvgIpc) is 2.32. The number of rotatable bonds is 3. The average molecular weight is 386 g/mol. The summed E-state index contributed by atoms with van der Waals surface area (Å²) in [5.74, 6) is 1.49. The van der Waals surface area contributed by atoms with E-state index in [1.54, 1.807) is 6.92 Å². The highest BCUT2D eigenvalue weighted by Gasteiger charge is 2.09. The zero-order valence-electron chi connectivity index (χ0n) is 10.7. The molecule has 0 radical (unpaired) electrons. The molecule has 0 saturated heterocycles. The molecule has 2 nitrogen and oxygen atoms in total. The molecular weight excluding hydrogens is 372 g/mol. The number of aliphatic hydroxyl groups excluding tert-OH is 1. The monoisotopic (exact) mass is 384 g/mol. The van der Waals surface area contributed by atoms with Crippen LogP contribution in [0, 0.1) is 6.92 Å². The smallest absolute Gasteiger partial charge is 0.141 e. The molecule has 2 rings (SSSR count). The van der Waals surface area contributed by atoms with Gasteiger partial charge in [0.1, 0.15) is 11.5 Å². The van der Waals surface area contributed by atoms with Crippen molar-refractivity contribution >= 4 is 31.9 Å². The lowest BCUT2D eigenvalue weighted by atomic mass is 10.1. The molecule has 1 atom stereocenters. The molecule has 1 N–H and O–H groups in total. The number of hydrogen-bond donors (Lipinski definition) is 1. The highest BCUT2D eigenvalue weighted by Crippen LogP contribution is 2.33. The molecule has 0 amide bonds. The van der Waals surface area contributed by atoms with Crippen molar-refractivity contribution in [3.8, 4) is 11.5 Å². The Morgan fingerprint density at radius 1 is 1.05 bits per heavy atom. The fourth-order valence-electron chi connectivity index (χ4n) is 1.73. The first kappa shape index (κ1) is 14.6. The highest BCUT2D eigenvalue weighted by molar-refractivity contribution is 9.10. The van der Waals surface area contributed by atoms with Crippen molar-refractivity contribution in [1.29, 1.82) is 0 Å². The van der Waals surface area contributed by atoms with Gasteiger partial charge in [0.25, 0.3) is 0 Å². The second-order valence-electron chi connectivity index (χ2n) is 4.40. The molecule has 0 heterocycles. The molecule has 0 aromatic heterocycles. The summed E-state index contributed by atoms with van der Waals surface area (Å²) in [4.78, 5) is 0. The number of ether oxygens (including phenoxy) is 1. The van der Waals surface area contributed by atoms with Gasteiger partial charge in [-0.05, 0) is 65.2 Å². The van der Waals surface area contributed by atoms with Gasteiger partial charge in [-0.15, -0.1) is 0 Å². The first-order valence-electron chi connectivity index (χ1n) is 5.89. The quantitative estimate of drug-likeness (QED) is 0.769. The molecule has 19 heavy (non-hydrogen) atoms. The van der Waals surface area contributed by atoms with Crippen LogP contribution in [0.15, 0.2) is 45.3 Å². The summed E-state index contributed by atoms with van der Waals surface area (Å²) >= 11 is 6.92. The number of aliphatic hydroxyl groups is 1. The van der Waals surface area contributed by atoms with E-state index >= 15 is 0 Å². The van der Waals surface area contributed by atoms with E-state index in [1.165, 1.54) is 5.56 Å². The van der Waals surface area contributed by atoms with E-state index < -0.39 is 6.10 Å². The molecule has 0 aliphatic rings. The van der Waals surface area contributed by atoms with E-state index in [0.29, 0.717) is 0 Å². The number of hydrogen-bond acceptors (Lipinski definition) is 2. The van der Waals surface area contributed by atoms with E-state index in [1.807, 2.05) is 43.3 Å². The Balaban J connectivity index is 2.26. The van der Waals surface area contributed by atoms with Gasteiger partial charge in [-0.2, -0.15) is 0 Å². The van der Waals surface area contributed by atoms with E-state index in [9.17, 15) is 5.11 Å². The first-order chi connectivity index (χ1) is 8.97. The van der Waals surface area contributed by atoms with Gasteiger partial charge in [0.2, 0.25) is 0 Å². The second-order valence-corrected chi connectivity index (χ2v) is 6.10. The van der Waals surface area contributed by atoms with E-state index in [2.05, 4.69) is 31.9 Å². The summed E-state index contributed by atoms with van der Waals surface area (Å²) in [6.45, 7) is 3.76. The minimum Gasteiger partial charge on any atom is -0.456 e. The first-order valence-corrected chi connectivity index (χ1v) is 7.47. The molecule has 0 aliphatic carbocycles. The molecule has 0 saturated carbocycles. The van der Waals surface area contributed by atoms with Gasteiger partial charge in [-0.3, -0.25) is 0 Å². The van der Waals surface area contributed by atoms with E-state index in [-0.39, 0.29) is 0 Å². The second kappa shape index (κ2) is 6.07. The SMILES string of the molecule is Cc1ccc(Oc2ccc([C@H](C)O)c(Br)c2)c(Br)c1. The summed E-state index contributed by atoms with van der Waals surface area (Å²) in [5.41, 5.74) is 2.01. The van der Waals surface area contributed by atoms with Crippen LogP contribution in [0.2, 0.25) is 0 Å². The van der Waals surface area contributed by atoms with Gasteiger partial charge in [-0.25, -0.2) is 0 Å². The van der Waals surface area contributed by atoms with Gasteiger partial charge in [-0.1, -0.05) is 28.1 Å². The molecule has 0 unspecified atom stereocenters. The van der Waals surface area contributed by atoms with Crippen LogP contribution in [-0.2, 0) is 0 Å². The van der Waals surface area contributed by atoms with Crippen molar-refractivity contribution in [2.75, 3.05) is 0 Å². The van der Waals surface area contributed by atoms with E-state index in [0.717, 1.165) is 26.0 Å². The van der Waals surface area contributed by atoms with Crippen LogP contribution in [0.5, 0.6) is 11.5 Å². The van der Waals surface area contributed by atoms with Crippen molar-refractivity contribution in [3.05, 3.63) is 56.5 Å². The third kappa shape index (κ3) is 3.59. The van der Waals surface area contributed by atoms with Gasteiger partial charge in [0, 0.05) is 4.47 Å². The number of aryl methyl sites for hydroxylation is 1. The molecular formula is C15H14Br2O2. The fraction of sp³-hybridized carbons (Fsp3) is 0.200. The van der Waals surface area contributed by atoms with Gasteiger partial charge >= 0.3 is 0 Å². The Hall–Kier alpha value is -0.840. The highest BCUT2D eigenvalue weighted by atomic mass is 79.9. The molecule has 4 heteroatoms. The molecule has 0 aliphatic heterocycles. The number of benzene rings is 2. The molecule has 0 bridgehead atoms. The van der Waals surface area contributed by atoms with Crippen LogP contribution in [0.4, 0.5) is 0 Å². The lowest BCUT2D eigenvalue weighted by Crippen LogP contribution is -1.93. The van der Waals surface area contributed by atoms with Crippen molar-refractivity contribution in [3.63, 3.8) is 0 Å². The molecule has 100 valence electrons. The Kier molecular flexibility index (Phi) is 4.66. The van der Waals surface area contributed by atoms with Gasteiger partial charge in [0.05, 0.1) is 10.6 Å². The summed E-state index contributed by atoms with van der Waals surface area (Å²) < 4.78 is 7.58. The summed E-state index contributed by atoms with van der Waals surface area (Å²) in [5, 5.41) is 9.58. The van der Waals surface area contributed by atoms with Crippen LogP contribution in [-0.4, -0.2) is 5.11 Å². The predicted molar refractivity (Wildman–Crippen MR) is 83.7 cm³/mol. The molecule has 2 aromatic carbocycles. The van der Waals surface area contributed by atoms with Crippen LogP contribution >= 0.6 is 31.9 Å². The van der Waals surface area contributed by atoms with Crippen LogP contribution in [0.1, 0.15) is 24.2 Å². The van der Waals surface area contributed by atoms with Crippen LogP contribution < -0.4 is 4.74 Å². The molecule has 2 aromatic rings. The van der Waals surface area contributed by atoms with Crippen molar-refractivity contribution in [2.24, 2.45) is 0 Å². The maximum Gasteiger partial charge on any atom is 0.141 e. The lowest BCUT2D eigenvalue weighted by molar-refractivity contribution is 0.198. The maximum absolute atomic E-state index is 9.58. The van der Waals surface area contributed by atoms with Gasteiger partial charge in [0.15, 0.2) is 0 Å². The minimum atomic E-state index is -0.505. The number of halogens is 2. The largest absolute Gasteiger partial charge is 0.456 e. The van der Waals surface area contributed by atoms with Gasteiger partial charge < -0.3 is 9.84 Å². The minimum absolute atomic E-state index is 0.505. The zero-order valence-corrected chi connectivity index (χ0v) is 13.8. The maximum atomic E-state index is 9.58. The Morgan fingerprint density at radius 3 is 2.37 bits per heavy atom. The summed E-state index contributed by atoms with van der Waals surface area (Å²) in [6, 6.07) is 11.5. The lowest BCUT2D eigenvalue weighted by Gasteiger charge is -2.12. The summed E-state index contributed by atoms with van der Waals surface area (Å²) in [7, 11) is 0. The van der Waals surface area contributed by atoms with Crippen molar-refractivity contribution in [1.82, 2.24) is 0 Å². The van der Waals surface area contributed by atoms with E-state index in [4.69, 9.17) is 4.74 Å². The fourth-order valence-corrected chi connectivity index (χ4v) is 2.99. The summed E-state index contributed by atoms with van der Waals surface area (Å²) in [6.07, 6.45) is -0.505. The Morgan fingerprint density at radius 2 is 1.79 bits per heavy atom. The Bertz CT molecular complexity index is 595. The van der Waals surface area contributed by atoms with Crippen LogP contribution in [0.3, 0.4) is 0 Å². The predicted octanol–water partition coefficient (Wildman–Crippen LogP) is 5.37. The molecule has 0 spiro atoms. The normalized spacial score (nSPS) is 12.3. The third-order valence-corrected chi connectivity index (χ3v) is 4.04.